The summed E-state index contributed by atoms with van der Waals surface area (Å²) in [5.74, 6) is 2.90. The van der Waals surface area contributed by atoms with E-state index in [0.29, 0.717) is 0 Å². The average molecular weight is 546 g/mol. The molecule has 0 aliphatic carbocycles. The molecular weight excluding hydrogens is 527 g/mol. The van der Waals surface area contributed by atoms with Gasteiger partial charge in [0.1, 0.15) is 17.5 Å². The van der Waals surface area contributed by atoms with Gasteiger partial charge in [0.05, 0.1) is 0 Å². The molecule has 0 amide bonds. The van der Waals surface area contributed by atoms with Gasteiger partial charge in [-0.15, -0.1) is 0 Å². The molecule has 3 aromatic rings. The zero-order valence-corrected chi connectivity index (χ0v) is 17.3. The van der Waals surface area contributed by atoms with Crippen LogP contribution in [-0.4, -0.2) is 49.4 Å². The summed E-state index contributed by atoms with van der Waals surface area (Å²) in [5.41, 5.74) is 0. The maximum absolute atomic E-state index is 11.2. The number of halogens is 6. The Morgan fingerprint density at radius 1 is 0.615 bits per heavy atom. The molecule has 26 heavy (non-hydrogen) atoms. The molecule has 0 aromatic carbocycles. The van der Waals surface area contributed by atoms with Gasteiger partial charge in [0.25, 0.3) is 0 Å². The topological polar surface area (TPSA) is 86.0 Å². The van der Waals surface area contributed by atoms with Crippen molar-refractivity contribution in [2.24, 2.45) is 0 Å². The predicted octanol–water partition coefficient (Wildman–Crippen LogP) is 4.29. The fourth-order valence-corrected chi connectivity index (χ4v) is 1.03. The number of imidazole rings is 3. The van der Waals surface area contributed by atoms with E-state index in [2.05, 4.69) is 29.9 Å². The van der Waals surface area contributed by atoms with Crippen LogP contribution < -0.4 is 0 Å². The van der Waals surface area contributed by atoms with Gasteiger partial charge in [-0.3, -0.25) is 0 Å². The molecule has 0 saturated carbocycles. The van der Waals surface area contributed by atoms with Gasteiger partial charge >= 0.3 is 53.4 Å². The number of aromatic nitrogens is 6. The quantitative estimate of drug-likeness (QED) is 0.291. The van der Waals surface area contributed by atoms with Crippen molar-refractivity contribution in [2.45, 2.75) is 20.8 Å². The predicted molar refractivity (Wildman–Crippen MR) is 82.4 cm³/mol. The number of aryl methyl sites for hydroxylation is 3. The molecule has 3 N–H and O–H groups in total. The molecule has 0 spiro atoms. The van der Waals surface area contributed by atoms with Crippen LogP contribution in [-0.2, 0) is 17.1 Å². The Balaban J connectivity index is 0. The number of hydrogen-bond donors (Lipinski definition) is 3. The van der Waals surface area contributed by atoms with E-state index in [0.717, 1.165) is 17.5 Å². The Bertz CT molecular complexity index is 594. The summed E-state index contributed by atoms with van der Waals surface area (Å²) in [7, 11) is 0. The number of hydrogen-bond acceptors (Lipinski definition) is 3. The van der Waals surface area contributed by atoms with Crippen molar-refractivity contribution >= 4 is 19.5 Å². The van der Waals surface area contributed by atoms with Gasteiger partial charge in [-0.25, -0.2) is 15.0 Å². The summed E-state index contributed by atoms with van der Waals surface area (Å²) in [5, 5.41) is 0. The Labute approximate surface area is 158 Å². The number of aromatic amines is 3. The summed E-state index contributed by atoms with van der Waals surface area (Å²) in [6.07, 6.45) is 10.6. The Kier molecular flexibility index (Phi) is 10.3. The monoisotopic (exact) mass is 544 g/mol. The van der Waals surface area contributed by atoms with Crippen LogP contribution in [0.5, 0.6) is 0 Å². The second-order valence-corrected chi connectivity index (χ2v) is 9.95. The van der Waals surface area contributed by atoms with Crippen LogP contribution in [0.2, 0.25) is 0 Å². The van der Waals surface area contributed by atoms with Gasteiger partial charge in [0, 0.05) is 37.2 Å². The third kappa shape index (κ3) is 27.4. The van der Waals surface area contributed by atoms with E-state index in [1.54, 1.807) is 37.2 Å². The van der Waals surface area contributed by atoms with Gasteiger partial charge in [-0.05, 0) is 20.8 Å². The van der Waals surface area contributed by atoms with Crippen molar-refractivity contribution in [3.8, 4) is 0 Å². The standard InChI is InChI=1S/3C4H6N2.Cu.6FH.Sb/c3*1-4-5-2-3-6-4;;;;;;;;/h3*2-3H,1H3,(H,5,6);;6*1H;/q;;;+1;;;;;;;+5/p-6. The number of nitrogens with zero attached hydrogens (tertiary/aromatic N) is 3. The molecule has 0 saturated heterocycles. The Morgan fingerprint density at radius 2 is 0.808 bits per heavy atom. The molecule has 3 rings (SSSR count). The fraction of sp³-hybridized carbons (Fsp3) is 0.250. The number of rotatable bonds is 0. The molecule has 14 heteroatoms. The first-order valence-corrected chi connectivity index (χ1v) is 12.4. The van der Waals surface area contributed by atoms with Gasteiger partial charge in [-0.1, -0.05) is 0 Å². The van der Waals surface area contributed by atoms with E-state index in [1.807, 2.05) is 20.8 Å². The second-order valence-electron chi connectivity index (χ2n) is 4.48. The molecule has 3 heterocycles. The Hall–Kier alpha value is -1.45. The minimum atomic E-state index is -11.2. The molecule has 0 aliphatic rings. The molecule has 0 aliphatic heterocycles. The normalized spacial score (nSPS) is 12.3. The van der Waals surface area contributed by atoms with E-state index in [9.17, 15) is 16.9 Å². The molecule has 0 atom stereocenters. The van der Waals surface area contributed by atoms with Gasteiger partial charge < -0.3 is 15.0 Å². The van der Waals surface area contributed by atoms with E-state index >= 15 is 0 Å². The van der Waals surface area contributed by atoms with Crippen molar-refractivity contribution < 1.29 is 33.9 Å². The SMILES string of the molecule is Cc1ncc[nH]1.Cc1ncc[nH]1.Cc1ncc[nH]1.[Cu+].[F][Sb-]([F])([F])([F])([F])[F]. The molecule has 6 nitrogen and oxygen atoms in total. The van der Waals surface area contributed by atoms with Gasteiger partial charge in [-0.2, -0.15) is 0 Å². The first-order valence-electron chi connectivity index (χ1n) is 6.58. The van der Waals surface area contributed by atoms with E-state index in [-0.39, 0.29) is 17.1 Å². The second kappa shape index (κ2) is 10.0. The zero-order chi connectivity index (χ0) is 19.6. The van der Waals surface area contributed by atoms with Crippen LogP contribution in [0, 0.1) is 20.8 Å². The number of nitrogens with one attached hydrogen (secondary N) is 3. The van der Waals surface area contributed by atoms with Crippen LogP contribution in [0.15, 0.2) is 37.2 Å². The van der Waals surface area contributed by atoms with Crippen molar-refractivity contribution in [1.29, 1.82) is 0 Å². The molecule has 154 valence electrons. The molecular formula is C12H18CuF6N6Sb. The third-order valence-electron chi connectivity index (χ3n) is 1.90. The van der Waals surface area contributed by atoms with Crippen molar-refractivity contribution in [3.63, 3.8) is 0 Å². The van der Waals surface area contributed by atoms with Crippen LogP contribution in [0.4, 0.5) is 16.9 Å². The number of H-pyrrole nitrogens is 3. The van der Waals surface area contributed by atoms with Crippen LogP contribution in [0.25, 0.3) is 0 Å². The molecule has 3 aromatic heterocycles. The van der Waals surface area contributed by atoms with E-state index < -0.39 is 19.5 Å². The molecule has 0 radical (unpaired) electrons. The molecule has 0 fully saturated rings. The summed E-state index contributed by atoms with van der Waals surface area (Å²) in [4.78, 5) is 20.2. The third-order valence-corrected chi connectivity index (χ3v) is 1.90. The average Bonchev–Trinajstić information content (AvgIpc) is 3.12. The summed E-state index contributed by atoms with van der Waals surface area (Å²) in [6.45, 7) is 5.75. The fourth-order valence-electron chi connectivity index (χ4n) is 1.03. The van der Waals surface area contributed by atoms with Crippen LogP contribution >= 0.6 is 0 Å². The first kappa shape index (κ1) is 26.8. The molecule has 0 bridgehead atoms. The maximum atomic E-state index is 9.93. The van der Waals surface area contributed by atoms with E-state index in [1.165, 1.54) is 0 Å². The van der Waals surface area contributed by atoms with Crippen molar-refractivity contribution in [2.75, 3.05) is 0 Å². The summed E-state index contributed by atoms with van der Waals surface area (Å²) < 4.78 is 59.6. The zero-order valence-electron chi connectivity index (χ0n) is 13.8. The summed E-state index contributed by atoms with van der Waals surface area (Å²) >= 11 is -11.2. The molecule has 0 unspecified atom stereocenters. The Morgan fingerprint density at radius 3 is 0.846 bits per heavy atom. The van der Waals surface area contributed by atoms with E-state index in [4.69, 9.17) is 0 Å². The first-order chi connectivity index (χ1) is 11.1. The van der Waals surface area contributed by atoms with Gasteiger partial charge in [0.15, 0.2) is 0 Å². The summed E-state index contributed by atoms with van der Waals surface area (Å²) in [6, 6.07) is 0. The van der Waals surface area contributed by atoms with Crippen molar-refractivity contribution in [3.05, 3.63) is 54.7 Å². The minimum absolute atomic E-state index is 0. The van der Waals surface area contributed by atoms with Crippen LogP contribution in [0.3, 0.4) is 0 Å². The van der Waals surface area contributed by atoms with Gasteiger partial charge in [0.2, 0.25) is 0 Å². The van der Waals surface area contributed by atoms with Crippen molar-refractivity contribution in [1.82, 2.24) is 29.9 Å². The van der Waals surface area contributed by atoms with Crippen LogP contribution in [0.1, 0.15) is 17.5 Å².